The Hall–Kier alpha value is -1.14. The van der Waals surface area contributed by atoms with Crippen molar-refractivity contribution in [3.8, 4) is 0 Å². The summed E-state index contributed by atoms with van der Waals surface area (Å²) >= 11 is 1.60. The number of thioether (sulfide) groups is 1. The van der Waals surface area contributed by atoms with E-state index in [1.54, 1.807) is 30.4 Å². The molecule has 1 N–H and O–H groups in total. The number of rotatable bonds is 7. The fourth-order valence-electron chi connectivity index (χ4n) is 1.86. The molecule has 1 fully saturated rings. The summed E-state index contributed by atoms with van der Waals surface area (Å²) in [5.74, 6) is 0.600. The Morgan fingerprint density at radius 1 is 1.58 bits per heavy atom. The van der Waals surface area contributed by atoms with Gasteiger partial charge in [0.25, 0.3) is 0 Å². The summed E-state index contributed by atoms with van der Waals surface area (Å²) in [5, 5.41) is 4.26. The fraction of sp³-hybridized carbons (Fsp3) is 0.615. The highest BCUT2D eigenvalue weighted by atomic mass is 32.2. The van der Waals surface area contributed by atoms with Crippen molar-refractivity contribution in [1.82, 2.24) is 15.3 Å². The zero-order valence-electron chi connectivity index (χ0n) is 11.3. The number of aromatic nitrogens is 2. The second-order valence-electron chi connectivity index (χ2n) is 4.88. The number of methoxy groups -OCH3 is 1. The molecule has 1 unspecified atom stereocenters. The first-order valence-corrected chi connectivity index (χ1v) is 7.37. The van der Waals surface area contributed by atoms with Crippen molar-refractivity contribution >= 4 is 17.7 Å². The summed E-state index contributed by atoms with van der Waals surface area (Å²) in [6, 6.07) is 0.464. The maximum atomic E-state index is 11.9. The highest BCUT2D eigenvalue weighted by molar-refractivity contribution is 7.99. The number of esters is 1. The van der Waals surface area contributed by atoms with Gasteiger partial charge in [-0.3, -0.25) is 15.1 Å². The lowest BCUT2D eigenvalue weighted by atomic mass is 9.99. The van der Waals surface area contributed by atoms with Crippen molar-refractivity contribution in [3.63, 3.8) is 0 Å². The number of nitrogens with one attached hydrogen (secondary N) is 1. The van der Waals surface area contributed by atoms with Crippen LogP contribution in [0.4, 0.5) is 0 Å². The topological polar surface area (TPSA) is 64.1 Å². The number of carbonyl (C=O) groups is 1. The molecule has 0 aliphatic heterocycles. The van der Waals surface area contributed by atoms with E-state index in [1.807, 2.05) is 6.92 Å². The van der Waals surface area contributed by atoms with E-state index in [1.165, 1.54) is 7.11 Å². The quantitative estimate of drug-likeness (QED) is 0.605. The number of ether oxygens (including phenoxy) is 1. The van der Waals surface area contributed by atoms with E-state index in [-0.39, 0.29) is 5.97 Å². The maximum absolute atomic E-state index is 11.9. The highest BCUT2D eigenvalue weighted by Crippen LogP contribution is 2.26. The Morgan fingerprint density at radius 3 is 2.95 bits per heavy atom. The van der Waals surface area contributed by atoms with Gasteiger partial charge >= 0.3 is 5.97 Å². The van der Waals surface area contributed by atoms with E-state index in [0.29, 0.717) is 12.5 Å². The van der Waals surface area contributed by atoms with Crippen LogP contribution in [0, 0.1) is 0 Å². The Balaban J connectivity index is 1.87. The van der Waals surface area contributed by atoms with Crippen molar-refractivity contribution in [2.75, 3.05) is 12.9 Å². The minimum atomic E-state index is -0.606. The molecule has 1 heterocycles. The van der Waals surface area contributed by atoms with Crippen LogP contribution in [0.15, 0.2) is 23.6 Å². The predicted molar refractivity (Wildman–Crippen MR) is 74.0 cm³/mol. The maximum Gasteiger partial charge on any atom is 0.325 e. The summed E-state index contributed by atoms with van der Waals surface area (Å²) in [7, 11) is 1.44. The van der Waals surface area contributed by atoms with Gasteiger partial charge in [0.1, 0.15) is 10.6 Å². The molecule has 0 spiro atoms. The summed E-state index contributed by atoms with van der Waals surface area (Å²) in [4.78, 5) is 20.1. The van der Waals surface area contributed by atoms with Gasteiger partial charge in [-0.25, -0.2) is 4.98 Å². The molecule has 6 heteroatoms. The zero-order chi connectivity index (χ0) is 13.7. The average Bonchev–Trinajstić information content (AvgIpc) is 3.22. The van der Waals surface area contributed by atoms with Gasteiger partial charge in [0, 0.05) is 24.2 Å². The molecular weight excluding hydrogens is 262 g/mol. The first kappa shape index (κ1) is 14.3. The minimum absolute atomic E-state index is 0.195. The van der Waals surface area contributed by atoms with E-state index in [0.717, 1.165) is 23.6 Å². The second kappa shape index (κ2) is 6.34. The normalized spacial score (nSPS) is 17.8. The molecule has 104 valence electrons. The summed E-state index contributed by atoms with van der Waals surface area (Å²) in [5.41, 5.74) is -0.606. The molecule has 1 aliphatic carbocycles. The zero-order valence-corrected chi connectivity index (χ0v) is 12.1. The summed E-state index contributed by atoms with van der Waals surface area (Å²) < 4.78 is 4.91. The van der Waals surface area contributed by atoms with Gasteiger partial charge in [0.05, 0.1) is 13.3 Å². The number of carbonyl (C=O) groups excluding carboxylic acids is 1. The lowest BCUT2D eigenvalue weighted by molar-refractivity contribution is -0.148. The lowest BCUT2D eigenvalue weighted by Crippen LogP contribution is -2.51. The Morgan fingerprint density at radius 2 is 2.37 bits per heavy atom. The van der Waals surface area contributed by atoms with Crippen LogP contribution in [0.3, 0.4) is 0 Å². The molecule has 1 atom stereocenters. The van der Waals surface area contributed by atoms with Gasteiger partial charge in [-0.1, -0.05) is 0 Å². The molecule has 0 radical (unpaired) electrons. The molecule has 1 saturated carbocycles. The second-order valence-corrected chi connectivity index (χ2v) is 6.00. The lowest BCUT2D eigenvalue weighted by Gasteiger charge is -2.27. The van der Waals surface area contributed by atoms with Crippen molar-refractivity contribution in [2.24, 2.45) is 0 Å². The number of hydrogen-bond donors (Lipinski definition) is 1. The highest BCUT2D eigenvalue weighted by Gasteiger charge is 2.38. The van der Waals surface area contributed by atoms with Crippen LogP contribution in [0.25, 0.3) is 0 Å². The largest absolute Gasteiger partial charge is 0.468 e. The van der Waals surface area contributed by atoms with Gasteiger partial charge in [-0.05, 0) is 26.2 Å². The minimum Gasteiger partial charge on any atom is -0.468 e. The van der Waals surface area contributed by atoms with E-state index < -0.39 is 5.54 Å². The molecule has 2 rings (SSSR count). The molecular formula is C13H19N3O2S. The van der Waals surface area contributed by atoms with Gasteiger partial charge in [0.15, 0.2) is 0 Å². The van der Waals surface area contributed by atoms with E-state index in [9.17, 15) is 4.79 Å². The van der Waals surface area contributed by atoms with Crippen molar-refractivity contribution < 1.29 is 9.53 Å². The van der Waals surface area contributed by atoms with Gasteiger partial charge in [-0.2, -0.15) is 0 Å². The van der Waals surface area contributed by atoms with Crippen LogP contribution in [-0.4, -0.2) is 40.4 Å². The molecule has 0 bridgehead atoms. The first-order chi connectivity index (χ1) is 9.14. The number of hydrogen-bond acceptors (Lipinski definition) is 6. The SMILES string of the molecule is COC(=O)C(C)(CCSc1cnccn1)NC1CC1. The average molecular weight is 281 g/mol. The van der Waals surface area contributed by atoms with Crippen LogP contribution in [-0.2, 0) is 9.53 Å². The van der Waals surface area contributed by atoms with Gasteiger partial charge in [-0.15, -0.1) is 11.8 Å². The fourth-order valence-corrected chi connectivity index (χ4v) is 2.85. The Bertz CT molecular complexity index is 425. The standard InChI is InChI=1S/C13H19N3O2S/c1-13(12(17)18-2,16-10-3-4-10)5-8-19-11-9-14-6-7-15-11/h6-7,9-10,16H,3-5,8H2,1-2H3. The van der Waals surface area contributed by atoms with Crippen molar-refractivity contribution in [1.29, 1.82) is 0 Å². The summed E-state index contributed by atoms with van der Waals surface area (Å²) in [6.45, 7) is 1.91. The van der Waals surface area contributed by atoms with Gasteiger partial charge < -0.3 is 4.74 Å². The number of nitrogens with zero attached hydrogens (tertiary/aromatic N) is 2. The Labute approximate surface area is 117 Å². The molecule has 1 aliphatic rings. The monoisotopic (exact) mass is 281 g/mol. The van der Waals surface area contributed by atoms with Gasteiger partial charge in [0.2, 0.25) is 0 Å². The molecule has 19 heavy (non-hydrogen) atoms. The molecule has 1 aromatic heterocycles. The third-order valence-electron chi connectivity index (χ3n) is 3.13. The molecule has 0 saturated heterocycles. The molecule has 0 amide bonds. The van der Waals surface area contributed by atoms with Crippen LogP contribution >= 0.6 is 11.8 Å². The van der Waals surface area contributed by atoms with Crippen molar-refractivity contribution in [2.45, 2.75) is 42.8 Å². The first-order valence-electron chi connectivity index (χ1n) is 6.39. The van der Waals surface area contributed by atoms with Crippen LogP contribution in [0.2, 0.25) is 0 Å². The molecule has 1 aromatic rings. The van der Waals surface area contributed by atoms with Crippen LogP contribution in [0.5, 0.6) is 0 Å². The van der Waals surface area contributed by atoms with E-state index in [4.69, 9.17) is 4.74 Å². The Kier molecular flexibility index (Phi) is 4.76. The molecule has 5 nitrogen and oxygen atoms in total. The van der Waals surface area contributed by atoms with Crippen molar-refractivity contribution in [3.05, 3.63) is 18.6 Å². The third-order valence-corrected chi connectivity index (χ3v) is 4.04. The predicted octanol–water partition coefficient (Wildman–Crippen LogP) is 1.64. The molecule has 0 aromatic carbocycles. The van der Waals surface area contributed by atoms with Crippen LogP contribution in [0.1, 0.15) is 26.2 Å². The third kappa shape index (κ3) is 4.18. The summed E-state index contributed by atoms with van der Waals surface area (Å²) in [6.07, 6.45) is 8.04. The van der Waals surface area contributed by atoms with E-state index >= 15 is 0 Å². The smallest absolute Gasteiger partial charge is 0.325 e. The van der Waals surface area contributed by atoms with Crippen LogP contribution < -0.4 is 5.32 Å². The van der Waals surface area contributed by atoms with E-state index in [2.05, 4.69) is 15.3 Å².